The molecule has 0 radical (unpaired) electrons. The summed E-state index contributed by atoms with van der Waals surface area (Å²) in [7, 11) is 3.29. The molecule has 0 saturated heterocycles. The Labute approximate surface area is 145 Å². The van der Waals surface area contributed by atoms with E-state index in [9.17, 15) is 0 Å². The maximum Gasteiger partial charge on any atom is 0.161 e. The molecule has 0 spiro atoms. The summed E-state index contributed by atoms with van der Waals surface area (Å²) in [5.41, 5.74) is 1.13. The SMILES string of the molecule is CCNC(c1ccc(Br)s1)c1cc(OC)c(OC)cc1Br. The maximum absolute atomic E-state index is 5.42. The van der Waals surface area contributed by atoms with Gasteiger partial charge in [0.25, 0.3) is 0 Å². The highest BCUT2D eigenvalue weighted by atomic mass is 79.9. The molecule has 1 N–H and O–H groups in total. The summed E-state index contributed by atoms with van der Waals surface area (Å²) >= 11 is 8.90. The monoisotopic (exact) mass is 433 g/mol. The van der Waals surface area contributed by atoms with Crippen LogP contribution in [0.1, 0.15) is 23.4 Å². The minimum Gasteiger partial charge on any atom is -0.493 e. The van der Waals surface area contributed by atoms with Crippen LogP contribution in [0.15, 0.2) is 32.5 Å². The van der Waals surface area contributed by atoms with Crippen LogP contribution in [0.5, 0.6) is 11.5 Å². The number of benzene rings is 1. The van der Waals surface area contributed by atoms with Gasteiger partial charge in [-0.1, -0.05) is 22.9 Å². The number of ether oxygens (including phenoxy) is 2. The van der Waals surface area contributed by atoms with E-state index >= 15 is 0 Å². The van der Waals surface area contributed by atoms with E-state index in [1.165, 1.54) is 4.88 Å². The van der Waals surface area contributed by atoms with Gasteiger partial charge in [0.05, 0.1) is 24.0 Å². The second-order valence-corrected chi connectivity index (χ2v) is 7.71. The second-order valence-electron chi connectivity index (χ2n) is 4.36. The van der Waals surface area contributed by atoms with Crippen molar-refractivity contribution in [1.29, 1.82) is 0 Å². The Morgan fingerprint density at radius 2 is 1.81 bits per heavy atom. The molecule has 0 saturated carbocycles. The van der Waals surface area contributed by atoms with Crippen LogP contribution >= 0.6 is 43.2 Å². The topological polar surface area (TPSA) is 30.5 Å². The van der Waals surface area contributed by atoms with Crippen molar-refractivity contribution in [3.63, 3.8) is 0 Å². The molecule has 1 unspecified atom stereocenters. The van der Waals surface area contributed by atoms with E-state index < -0.39 is 0 Å². The molecule has 2 aromatic rings. The van der Waals surface area contributed by atoms with Crippen molar-refractivity contribution in [2.75, 3.05) is 20.8 Å². The van der Waals surface area contributed by atoms with Crippen LogP contribution in [0.25, 0.3) is 0 Å². The van der Waals surface area contributed by atoms with Crippen LogP contribution in [0, 0.1) is 0 Å². The zero-order valence-corrected chi connectivity index (χ0v) is 16.1. The number of hydrogen-bond acceptors (Lipinski definition) is 4. The molecule has 0 bridgehead atoms. The third-order valence-electron chi connectivity index (χ3n) is 3.10. The smallest absolute Gasteiger partial charge is 0.161 e. The van der Waals surface area contributed by atoms with E-state index in [2.05, 4.69) is 56.2 Å². The van der Waals surface area contributed by atoms with Gasteiger partial charge in [-0.05, 0) is 52.3 Å². The molecule has 0 aliphatic rings. The lowest BCUT2D eigenvalue weighted by atomic mass is 10.0. The van der Waals surface area contributed by atoms with Crippen LogP contribution in [-0.2, 0) is 0 Å². The average molecular weight is 435 g/mol. The summed E-state index contributed by atoms with van der Waals surface area (Å²) in [6.45, 7) is 2.98. The second kappa shape index (κ2) is 7.63. The van der Waals surface area contributed by atoms with Crippen LogP contribution in [0.3, 0.4) is 0 Å². The van der Waals surface area contributed by atoms with Crippen molar-refractivity contribution in [3.05, 3.63) is 43.0 Å². The lowest BCUT2D eigenvalue weighted by Crippen LogP contribution is -2.21. The quantitative estimate of drug-likeness (QED) is 0.694. The number of nitrogens with one attached hydrogen (secondary N) is 1. The molecular weight excluding hydrogens is 418 g/mol. The van der Waals surface area contributed by atoms with Crippen molar-refractivity contribution in [2.45, 2.75) is 13.0 Å². The first-order chi connectivity index (χ1) is 10.1. The Hall–Kier alpha value is -0.560. The molecule has 2 rings (SSSR count). The summed E-state index contributed by atoms with van der Waals surface area (Å²) in [6, 6.07) is 8.27. The molecule has 0 fully saturated rings. The molecule has 1 heterocycles. The molecule has 0 aliphatic carbocycles. The highest BCUT2D eigenvalue weighted by molar-refractivity contribution is 9.11. The maximum atomic E-state index is 5.42. The van der Waals surface area contributed by atoms with Gasteiger partial charge in [-0.3, -0.25) is 0 Å². The Morgan fingerprint density at radius 3 is 2.33 bits per heavy atom. The highest BCUT2D eigenvalue weighted by Gasteiger charge is 2.20. The highest BCUT2D eigenvalue weighted by Crippen LogP contribution is 2.40. The van der Waals surface area contributed by atoms with Gasteiger partial charge in [0.15, 0.2) is 11.5 Å². The van der Waals surface area contributed by atoms with Crippen LogP contribution in [0.2, 0.25) is 0 Å². The minimum atomic E-state index is 0.112. The standard InChI is InChI=1S/C15H17Br2NO2S/c1-4-18-15(13-5-6-14(17)21-13)9-7-11(19-2)12(20-3)8-10(9)16/h5-8,15,18H,4H2,1-3H3. The number of thiophene rings is 1. The fraction of sp³-hybridized carbons (Fsp3) is 0.333. The third kappa shape index (κ3) is 3.80. The summed E-state index contributed by atoms with van der Waals surface area (Å²) in [4.78, 5) is 1.25. The van der Waals surface area contributed by atoms with Gasteiger partial charge >= 0.3 is 0 Å². The molecule has 6 heteroatoms. The van der Waals surface area contributed by atoms with Crippen molar-refractivity contribution in [2.24, 2.45) is 0 Å². The van der Waals surface area contributed by atoms with Crippen molar-refractivity contribution in [1.82, 2.24) is 5.32 Å². The first-order valence-corrected chi connectivity index (χ1v) is 8.91. The minimum absolute atomic E-state index is 0.112. The zero-order valence-electron chi connectivity index (χ0n) is 12.1. The molecule has 3 nitrogen and oxygen atoms in total. The van der Waals surface area contributed by atoms with E-state index in [0.717, 1.165) is 31.9 Å². The fourth-order valence-corrected chi connectivity index (χ4v) is 4.21. The Morgan fingerprint density at radius 1 is 1.14 bits per heavy atom. The molecule has 1 aromatic heterocycles. The van der Waals surface area contributed by atoms with Crippen molar-refractivity contribution in [3.8, 4) is 11.5 Å². The summed E-state index contributed by atoms with van der Waals surface area (Å²) in [5.74, 6) is 1.45. The van der Waals surface area contributed by atoms with Crippen molar-refractivity contribution >= 4 is 43.2 Å². The van der Waals surface area contributed by atoms with E-state index in [1.807, 2.05) is 12.1 Å². The van der Waals surface area contributed by atoms with E-state index in [1.54, 1.807) is 25.6 Å². The molecule has 1 atom stereocenters. The summed E-state index contributed by atoms with van der Waals surface area (Å²) in [6.07, 6.45) is 0. The Balaban J connectivity index is 2.49. The van der Waals surface area contributed by atoms with Gasteiger partial charge in [-0.2, -0.15) is 0 Å². The predicted molar refractivity (Wildman–Crippen MR) is 94.8 cm³/mol. The normalized spacial score (nSPS) is 12.2. The summed E-state index contributed by atoms with van der Waals surface area (Å²) < 4.78 is 12.9. The molecule has 21 heavy (non-hydrogen) atoms. The number of methoxy groups -OCH3 is 2. The summed E-state index contributed by atoms with van der Waals surface area (Å²) in [5, 5.41) is 3.52. The number of rotatable bonds is 6. The Bertz CT molecular complexity index is 616. The lowest BCUT2D eigenvalue weighted by Gasteiger charge is -2.20. The van der Waals surface area contributed by atoms with Gasteiger partial charge in [0.1, 0.15) is 0 Å². The van der Waals surface area contributed by atoms with Gasteiger partial charge in [0, 0.05) is 9.35 Å². The molecule has 0 amide bonds. The van der Waals surface area contributed by atoms with Crippen molar-refractivity contribution < 1.29 is 9.47 Å². The lowest BCUT2D eigenvalue weighted by molar-refractivity contribution is 0.354. The first kappa shape index (κ1) is 16.8. The van der Waals surface area contributed by atoms with E-state index in [-0.39, 0.29) is 6.04 Å². The predicted octanol–water partition coefficient (Wildman–Crippen LogP) is 4.99. The van der Waals surface area contributed by atoms with Crippen LogP contribution in [-0.4, -0.2) is 20.8 Å². The van der Waals surface area contributed by atoms with Gasteiger partial charge in [-0.15, -0.1) is 11.3 Å². The average Bonchev–Trinajstić information content (AvgIpc) is 2.91. The molecule has 114 valence electrons. The van der Waals surface area contributed by atoms with Crippen LogP contribution < -0.4 is 14.8 Å². The van der Waals surface area contributed by atoms with Crippen LogP contribution in [0.4, 0.5) is 0 Å². The van der Waals surface area contributed by atoms with Gasteiger partial charge in [0.2, 0.25) is 0 Å². The molecule has 0 aliphatic heterocycles. The van der Waals surface area contributed by atoms with Gasteiger partial charge in [-0.25, -0.2) is 0 Å². The zero-order chi connectivity index (χ0) is 15.4. The number of hydrogen-bond donors (Lipinski definition) is 1. The largest absolute Gasteiger partial charge is 0.493 e. The first-order valence-electron chi connectivity index (χ1n) is 6.50. The third-order valence-corrected chi connectivity index (χ3v) is 5.48. The van der Waals surface area contributed by atoms with E-state index in [0.29, 0.717) is 0 Å². The molecule has 1 aromatic carbocycles. The van der Waals surface area contributed by atoms with Gasteiger partial charge < -0.3 is 14.8 Å². The number of halogens is 2. The Kier molecular flexibility index (Phi) is 6.10. The molecular formula is C15H17Br2NO2S. The fourth-order valence-electron chi connectivity index (χ4n) is 2.14. The van der Waals surface area contributed by atoms with E-state index in [4.69, 9.17) is 9.47 Å².